The van der Waals surface area contributed by atoms with E-state index in [-0.39, 0.29) is 13.0 Å². The van der Waals surface area contributed by atoms with Crippen molar-refractivity contribution >= 4 is 11.9 Å². The Labute approximate surface area is 92.7 Å². The van der Waals surface area contributed by atoms with Crippen LogP contribution in [0.5, 0.6) is 0 Å². The number of amides is 1. The standard InChI is InChI=1S/C10H14N2O4/c1-6-8(7(2)16-12-6)3-4-10(14)15-5-9(11)13/h3-5H2,1-2H3,(H2,11,13). The third-order valence-electron chi connectivity index (χ3n) is 2.14. The van der Waals surface area contributed by atoms with Crippen molar-refractivity contribution in [1.29, 1.82) is 0 Å². The first-order valence-corrected chi connectivity index (χ1v) is 4.86. The fourth-order valence-electron chi connectivity index (χ4n) is 1.31. The number of aryl methyl sites for hydroxylation is 2. The summed E-state index contributed by atoms with van der Waals surface area (Å²) >= 11 is 0. The molecule has 1 rings (SSSR count). The summed E-state index contributed by atoms with van der Waals surface area (Å²) in [4.78, 5) is 21.5. The molecular weight excluding hydrogens is 212 g/mol. The molecule has 1 aromatic rings. The maximum Gasteiger partial charge on any atom is 0.306 e. The molecule has 0 aliphatic carbocycles. The molecule has 1 aromatic heterocycles. The lowest BCUT2D eigenvalue weighted by Crippen LogP contribution is -2.21. The lowest BCUT2D eigenvalue weighted by molar-refractivity contribution is -0.147. The molecule has 1 heterocycles. The Kier molecular flexibility index (Phi) is 4.04. The van der Waals surface area contributed by atoms with Gasteiger partial charge in [-0.2, -0.15) is 0 Å². The molecule has 6 heteroatoms. The van der Waals surface area contributed by atoms with Gasteiger partial charge >= 0.3 is 5.97 Å². The van der Waals surface area contributed by atoms with Gasteiger partial charge in [0.15, 0.2) is 6.61 Å². The summed E-state index contributed by atoms with van der Waals surface area (Å²) in [6, 6.07) is 0. The van der Waals surface area contributed by atoms with Crippen molar-refractivity contribution in [3.63, 3.8) is 0 Å². The Morgan fingerprint density at radius 1 is 1.44 bits per heavy atom. The lowest BCUT2D eigenvalue weighted by atomic mass is 10.1. The number of nitrogens with two attached hydrogens (primary N) is 1. The third-order valence-corrected chi connectivity index (χ3v) is 2.14. The predicted molar refractivity (Wildman–Crippen MR) is 54.5 cm³/mol. The first kappa shape index (κ1) is 12.2. The highest BCUT2D eigenvalue weighted by Crippen LogP contribution is 2.14. The van der Waals surface area contributed by atoms with E-state index in [1.54, 1.807) is 13.8 Å². The molecule has 0 aromatic carbocycles. The van der Waals surface area contributed by atoms with Crippen molar-refractivity contribution in [3.8, 4) is 0 Å². The largest absolute Gasteiger partial charge is 0.456 e. The number of carbonyl (C=O) groups excluding carboxylic acids is 2. The van der Waals surface area contributed by atoms with Crippen LogP contribution in [0.25, 0.3) is 0 Å². The Balaban J connectivity index is 2.40. The summed E-state index contributed by atoms with van der Waals surface area (Å²) in [5, 5.41) is 3.77. The van der Waals surface area contributed by atoms with Crippen molar-refractivity contribution in [2.45, 2.75) is 26.7 Å². The van der Waals surface area contributed by atoms with Gasteiger partial charge in [0.25, 0.3) is 5.91 Å². The molecule has 0 bridgehead atoms. The highest BCUT2D eigenvalue weighted by Gasteiger charge is 2.12. The highest BCUT2D eigenvalue weighted by molar-refractivity contribution is 5.79. The van der Waals surface area contributed by atoms with Crippen LogP contribution < -0.4 is 5.73 Å². The van der Waals surface area contributed by atoms with Crippen LogP contribution in [-0.4, -0.2) is 23.6 Å². The summed E-state index contributed by atoms with van der Waals surface area (Å²) in [5.74, 6) is -0.426. The van der Waals surface area contributed by atoms with Crippen molar-refractivity contribution in [2.75, 3.05) is 6.61 Å². The van der Waals surface area contributed by atoms with Crippen LogP contribution in [0.1, 0.15) is 23.4 Å². The Morgan fingerprint density at radius 2 is 2.12 bits per heavy atom. The van der Waals surface area contributed by atoms with Gasteiger partial charge in [-0.05, 0) is 20.3 Å². The number of carbonyl (C=O) groups is 2. The molecule has 2 N–H and O–H groups in total. The van der Waals surface area contributed by atoms with Gasteiger partial charge in [-0.1, -0.05) is 5.16 Å². The average molecular weight is 226 g/mol. The van der Waals surface area contributed by atoms with Crippen LogP contribution in [0.4, 0.5) is 0 Å². The van der Waals surface area contributed by atoms with Gasteiger partial charge in [0.1, 0.15) is 5.76 Å². The van der Waals surface area contributed by atoms with Crippen molar-refractivity contribution in [2.24, 2.45) is 5.73 Å². The summed E-state index contributed by atoms with van der Waals surface area (Å²) in [6.45, 7) is 3.21. The smallest absolute Gasteiger partial charge is 0.306 e. The minimum atomic E-state index is -0.661. The quantitative estimate of drug-likeness (QED) is 0.726. The topological polar surface area (TPSA) is 95.4 Å². The molecule has 0 aliphatic heterocycles. The maximum absolute atomic E-state index is 11.2. The Bertz CT molecular complexity index is 378. The molecule has 88 valence electrons. The molecule has 0 saturated carbocycles. The SMILES string of the molecule is Cc1noc(C)c1CCC(=O)OCC(N)=O. The molecule has 0 atom stereocenters. The molecule has 0 saturated heterocycles. The maximum atomic E-state index is 11.2. The summed E-state index contributed by atoms with van der Waals surface area (Å²) < 4.78 is 9.57. The second kappa shape index (κ2) is 5.29. The second-order valence-electron chi connectivity index (χ2n) is 3.43. The van der Waals surface area contributed by atoms with E-state index < -0.39 is 11.9 Å². The van der Waals surface area contributed by atoms with E-state index in [2.05, 4.69) is 9.89 Å². The molecular formula is C10H14N2O4. The number of hydrogen-bond acceptors (Lipinski definition) is 5. The van der Waals surface area contributed by atoms with Crippen LogP contribution in [0, 0.1) is 13.8 Å². The van der Waals surface area contributed by atoms with Gasteiger partial charge in [0.2, 0.25) is 0 Å². The molecule has 16 heavy (non-hydrogen) atoms. The van der Waals surface area contributed by atoms with E-state index >= 15 is 0 Å². The van der Waals surface area contributed by atoms with E-state index in [1.165, 1.54) is 0 Å². The molecule has 0 fully saturated rings. The average Bonchev–Trinajstić information content (AvgIpc) is 2.53. The van der Waals surface area contributed by atoms with Crippen LogP contribution in [0.15, 0.2) is 4.52 Å². The number of primary amides is 1. The van der Waals surface area contributed by atoms with E-state index in [9.17, 15) is 9.59 Å². The second-order valence-corrected chi connectivity index (χ2v) is 3.43. The van der Waals surface area contributed by atoms with Crippen LogP contribution in [-0.2, 0) is 20.7 Å². The molecule has 0 radical (unpaired) electrons. The molecule has 6 nitrogen and oxygen atoms in total. The fourth-order valence-corrected chi connectivity index (χ4v) is 1.31. The zero-order valence-electron chi connectivity index (χ0n) is 9.28. The monoisotopic (exact) mass is 226 g/mol. The zero-order valence-corrected chi connectivity index (χ0v) is 9.28. The van der Waals surface area contributed by atoms with Gasteiger partial charge in [0.05, 0.1) is 5.69 Å². The summed E-state index contributed by atoms with van der Waals surface area (Å²) in [7, 11) is 0. The van der Waals surface area contributed by atoms with Crippen LogP contribution in [0.3, 0.4) is 0 Å². The van der Waals surface area contributed by atoms with Crippen molar-refractivity contribution in [1.82, 2.24) is 5.16 Å². The summed E-state index contributed by atoms with van der Waals surface area (Å²) in [5.41, 5.74) is 6.50. The number of nitrogens with zero attached hydrogens (tertiary/aromatic N) is 1. The van der Waals surface area contributed by atoms with E-state index in [4.69, 9.17) is 10.3 Å². The first-order valence-electron chi connectivity index (χ1n) is 4.86. The number of ether oxygens (including phenoxy) is 1. The fraction of sp³-hybridized carbons (Fsp3) is 0.500. The highest BCUT2D eigenvalue weighted by atomic mass is 16.5. The number of aromatic nitrogens is 1. The van der Waals surface area contributed by atoms with Crippen LogP contribution in [0.2, 0.25) is 0 Å². The molecule has 0 aliphatic rings. The Hall–Kier alpha value is -1.85. The van der Waals surface area contributed by atoms with Gasteiger partial charge < -0.3 is 15.0 Å². The van der Waals surface area contributed by atoms with Gasteiger partial charge in [-0.3, -0.25) is 9.59 Å². The molecule has 0 unspecified atom stereocenters. The number of hydrogen-bond donors (Lipinski definition) is 1. The Morgan fingerprint density at radius 3 is 2.62 bits per heavy atom. The number of esters is 1. The van der Waals surface area contributed by atoms with E-state index in [0.29, 0.717) is 12.2 Å². The normalized spacial score (nSPS) is 10.1. The van der Waals surface area contributed by atoms with Crippen molar-refractivity contribution in [3.05, 3.63) is 17.0 Å². The molecule has 0 spiro atoms. The predicted octanol–water partition coefficient (Wildman–Crippen LogP) is 0.253. The van der Waals surface area contributed by atoms with E-state index in [1.807, 2.05) is 0 Å². The molecule has 1 amide bonds. The third kappa shape index (κ3) is 3.38. The van der Waals surface area contributed by atoms with Crippen LogP contribution >= 0.6 is 0 Å². The van der Waals surface area contributed by atoms with E-state index in [0.717, 1.165) is 11.3 Å². The minimum absolute atomic E-state index is 0.177. The van der Waals surface area contributed by atoms with Gasteiger partial charge in [-0.25, -0.2) is 0 Å². The lowest BCUT2D eigenvalue weighted by Gasteiger charge is -2.01. The number of rotatable bonds is 5. The first-order chi connectivity index (χ1) is 7.50. The van der Waals surface area contributed by atoms with Gasteiger partial charge in [0, 0.05) is 12.0 Å². The summed E-state index contributed by atoms with van der Waals surface area (Å²) in [6.07, 6.45) is 0.662. The minimum Gasteiger partial charge on any atom is -0.456 e. The van der Waals surface area contributed by atoms with Crippen molar-refractivity contribution < 1.29 is 18.8 Å². The zero-order chi connectivity index (χ0) is 12.1. The van der Waals surface area contributed by atoms with Gasteiger partial charge in [-0.15, -0.1) is 0 Å².